The van der Waals surface area contributed by atoms with E-state index < -0.39 is 12.1 Å². The van der Waals surface area contributed by atoms with E-state index >= 15 is 0 Å². The normalized spacial score (nSPS) is 41.9. The monoisotopic (exact) mass is 210 g/mol. The summed E-state index contributed by atoms with van der Waals surface area (Å²) in [4.78, 5) is 11.1. The molecule has 0 aromatic rings. The fourth-order valence-electron chi connectivity index (χ4n) is 2.48. The predicted octanol–water partition coefficient (Wildman–Crippen LogP) is -1.19. The lowest BCUT2D eigenvalue weighted by Crippen LogP contribution is -2.18. The second-order valence-electron chi connectivity index (χ2n) is 4.40. The topological polar surface area (TPSA) is 66.8 Å². The Kier molecular flexibility index (Phi) is 2.84. The van der Waals surface area contributed by atoms with Crippen molar-refractivity contribution >= 4 is 13.8 Å². The molecule has 5 atom stereocenters. The van der Waals surface area contributed by atoms with E-state index in [4.69, 9.17) is 9.84 Å². The number of hydrogen-bond donors (Lipinski definition) is 2. The minimum atomic E-state index is -0.519. The van der Waals surface area contributed by atoms with Gasteiger partial charge in [-0.3, -0.25) is 4.79 Å². The number of ether oxygens (including phenoxy) is 1. The van der Waals surface area contributed by atoms with Gasteiger partial charge in [-0.25, -0.2) is 0 Å². The van der Waals surface area contributed by atoms with Crippen LogP contribution in [0.1, 0.15) is 12.8 Å². The molecule has 0 aromatic carbocycles. The molecule has 0 aromatic heterocycles. The summed E-state index contributed by atoms with van der Waals surface area (Å²) in [5, 5.41) is 18.9. The van der Waals surface area contributed by atoms with Crippen molar-refractivity contribution in [2.24, 2.45) is 11.8 Å². The molecular formula is C10H15BO4. The third-order valence-electron chi connectivity index (χ3n) is 3.19. The zero-order valence-corrected chi connectivity index (χ0v) is 8.67. The van der Waals surface area contributed by atoms with Crippen molar-refractivity contribution in [3.63, 3.8) is 0 Å². The van der Waals surface area contributed by atoms with E-state index in [-0.39, 0.29) is 23.9 Å². The van der Waals surface area contributed by atoms with Gasteiger partial charge in [0.2, 0.25) is 0 Å². The zero-order valence-electron chi connectivity index (χ0n) is 8.67. The quantitative estimate of drug-likeness (QED) is 0.341. The summed E-state index contributed by atoms with van der Waals surface area (Å²) in [5.41, 5.74) is 0. The maximum absolute atomic E-state index is 11.1. The minimum absolute atomic E-state index is 0.0592. The van der Waals surface area contributed by atoms with Gasteiger partial charge < -0.3 is 14.9 Å². The second-order valence-corrected chi connectivity index (χ2v) is 4.40. The summed E-state index contributed by atoms with van der Waals surface area (Å²) in [6, 6.07) is -0.519. The van der Waals surface area contributed by atoms with E-state index in [2.05, 4.69) is 0 Å². The van der Waals surface area contributed by atoms with Crippen LogP contribution in [0.3, 0.4) is 0 Å². The predicted molar refractivity (Wildman–Crippen MR) is 55.8 cm³/mol. The summed E-state index contributed by atoms with van der Waals surface area (Å²) in [7, 11) is 1.66. The van der Waals surface area contributed by atoms with E-state index in [1.54, 1.807) is 13.9 Å². The van der Waals surface area contributed by atoms with Crippen molar-refractivity contribution < 1.29 is 19.7 Å². The van der Waals surface area contributed by atoms with Gasteiger partial charge >= 0.3 is 5.97 Å². The average Bonchev–Trinajstić information content (AvgIpc) is 2.57. The molecule has 2 rings (SSSR count). The summed E-state index contributed by atoms with van der Waals surface area (Å²) in [6.45, 7) is 0. The number of rotatable bonds is 2. The molecule has 0 bridgehead atoms. The Bertz CT molecular complexity index is 289. The van der Waals surface area contributed by atoms with Crippen molar-refractivity contribution in [1.29, 1.82) is 0 Å². The van der Waals surface area contributed by atoms with Crippen LogP contribution in [0.25, 0.3) is 0 Å². The van der Waals surface area contributed by atoms with Gasteiger partial charge in [-0.1, -0.05) is 12.2 Å². The Balaban J connectivity index is 2.07. The molecule has 0 amide bonds. The van der Waals surface area contributed by atoms with Crippen molar-refractivity contribution in [2.45, 2.75) is 31.1 Å². The number of esters is 1. The first kappa shape index (κ1) is 10.7. The van der Waals surface area contributed by atoms with Gasteiger partial charge in [0.15, 0.2) is 0 Å². The van der Waals surface area contributed by atoms with Gasteiger partial charge in [-0.05, 0) is 0 Å². The van der Waals surface area contributed by atoms with Crippen molar-refractivity contribution in [2.75, 3.05) is 0 Å². The van der Waals surface area contributed by atoms with Gasteiger partial charge in [0, 0.05) is 24.3 Å². The van der Waals surface area contributed by atoms with Gasteiger partial charge in [0.1, 0.15) is 14.0 Å². The van der Waals surface area contributed by atoms with E-state index in [0.29, 0.717) is 12.8 Å². The molecule has 5 heteroatoms. The molecule has 4 nitrogen and oxygen atoms in total. The summed E-state index contributed by atoms with van der Waals surface area (Å²) in [6.07, 6.45) is 3.78. The molecule has 0 unspecified atom stereocenters. The first-order chi connectivity index (χ1) is 7.08. The van der Waals surface area contributed by atoms with Crippen LogP contribution in [-0.2, 0) is 9.53 Å². The maximum atomic E-state index is 11.1. The molecule has 1 saturated heterocycles. The Labute approximate surface area is 89.3 Å². The van der Waals surface area contributed by atoms with Crippen LogP contribution in [0, 0.1) is 11.8 Å². The number of carbonyl (C=O) groups excluding carboxylic acids is 1. The van der Waals surface area contributed by atoms with Crippen LogP contribution in [0.2, 0.25) is 0 Å². The summed E-state index contributed by atoms with van der Waals surface area (Å²) < 4.78 is 5.10. The molecular weight excluding hydrogens is 195 g/mol. The Morgan fingerprint density at radius 3 is 3.00 bits per heavy atom. The minimum Gasteiger partial charge on any atom is -0.462 e. The van der Waals surface area contributed by atoms with Crippen LogP contribution in [-0.4, -0.2) is 42.2 Å². The van der Waals surface area contributed by atoms with Crippen LogP contribution in [0.15, 0.2) is 12.2 Å². The first-order valence-corrected chi connectivity index (χ1v) is 5.32. The number of fused-ring (bicyclic) bond motifs is 1. The molecule has 0 spiro atoms. The van der Waals surface area contributed by atoms with E-state index in [0.717, 1.165) is 0 Å². The molecule has 1 saturated carbocycles. The SMILES string of the molecule is B[C@@H](O)/C=C/[C@@H]1[C@H]2CC(=O)O[C@H]2C[C@H]1O. The first-order valence-electron chi connectivity index (χ1n) is 5.32. The Morgan fingerprint density at radius 1 is 1.60 bits per heavy atom. The third-order valence-corrected chi connectivity index (χ3v) is 3.19. The van der Waals surface area contributed by atoms with Crippen LogP contribution in [0.4, 0.5) is 0 Å². The van der Waals surface area contributed by atoms with Gasteiger partial charge in [-0.2, -0.15) is 0 Å². The van der Waals surface area contributed by atoms with Crippen LogP contribution >= 0.6 is 0 Å². The molecule has 82 valence electrons. The molecule has 2 N–H and O–H groups in total. The molecule has 0 radical (unpaired) electrons. The number of hydrogen-bond acceptors (Lipinski definition) is 4. The number of carbonyl (C=O) groups is 1. The Morgan fingerprint density at radius 2 is 2.33 bits per heavy atom. The fraction of sp³-hybridized carbons (Fsp3) is 0.700. The van der Waals surface area contributed by atoms with E-state index in [1.165, 1.54) is 0 Å². The number of aliphatic hydroxyl groups is 2. The van der Waals surface area contributed by atoms with Gasteiger partial charge in [0.05, 0.1) is 12.5 Å². The van der Waals surface area contributed by atoms with Crippen molar-refractivity contribution in [1.82, 2.24) is 0 Å². The molecule has 2 fully saturated rings. The summed E-state index contributed by atoms with van der Waals surface area (Å²) >= 11 is 0. The highest BCUT2D eigenvalue weighted by Gasteiger charge is 2.48. The number of aliphatic hydroxyl groups excluding tert-OH is 2. The average molecular weight is 210 g/mol. The molecule has 1 aliphatic heterocycles. The lowest BCUT2D eigenvalue weighted by atomic mass is 9.90. The molecule has 15 heavy (non-hydrogen) atoms. The maximum Gasteiger partial charge on any atom is 0.306 e. The zero-order chi connectivity index (χ0) is 11.0. The molecule has 2 aliphatic rings. The second kappa shape index (κ2) is 3.98. The standard InChI is InChI=1S/C10H15BO4/c11-9(13)2-1-5-6-3-10(14)15-8(6)4-7(5)12/h1-2,5-9,12-13H,3-4,11H2/b2-1+/t5-,6-,7-,8+,9+/m1/s1. The third kappa shape index (κ3) is 2.08. The lowest BCUT2D eigenvalue weighted by Gasteiger charge is -2.14. The van der Waals surface area contributed by atoms with Crippen LogP contribution in [0.5, 0.6) is 0 Å². The van der Waals surface area contributed by atoms with Crippen molar-refractivity contribution in [3.8, 4) is 0 Å². The highest BCUT2D eigenvalue weighted by Crippen LogP contribution is 2.41. The van der Waals surface area contributed by atoms with Gasteiger partial charge in [0.25, 0.3) is 0 Å². The van der Waals surface area contributed by atoms with Crippen LogP contribution < -0.4 is 0 Å². The van der Waals surface area contributed by atoms with E-state index in [1.807, 2.05) is 6.08 Å². The highest BCUT2D eigenvalue weighted by molar-refractivity contribution is 6.12. The smallest absolute Gasteiger partial charge is 0.306 e. The van der Waals surface area contributed by atoms with E-state index in [9.17, 15) is 9.90 Å². The molecule has 1 aliphatic carbocycles. The highest BCUT2D eigenvalue weighted by atomic mass is 16.6. The van der Waals surface area contributed by atoms with Gasteiger partial charge in [-0.15, -0.1) is 0 Å². The lowest BCUT2D eigenvalue weighted by molar-refractivity contribution is -0.141. The molecule has 1 heterocycles. The fourth-order valence-corrected chi connectivity index (χ4v) is 2.48. The Hall–Kier alpha value is -0.805. The largest absolute Gasteiger partial charge is 0.462 e. The summed E-state index contributed by atoms with van der Waals surface area (Å²) in [5.74, 6) is -0.147. The van der Waals surface area contributed by atoms with Crippen molar-refractivity contribution in [3.05, 3.63) is 12.2 Å².